The molecule has 0 saturated carbocycles. The predicted octanol–water partition coefficient (Wildman–Crippen LogP) is -0.416. The molecule has 4 rings (SSSR count). The standard InChI is InChI=1S/C20H23FN4O4/c1-19(2,3)25-16(27)14-12(6-7-13(22)26)24-20(15(14)17(25)28)10-8-9(21)4-5-11(10)23-18(20)29/h4-5,8,12,14-15,24H,6-7H2,1-3H3,(H2,22,26)(H,23,29)/p+1/t12-,14-,15+,20+/m1/s1. The van der Waals surface area contributed by atoms with E-state index in [0.717, 1.165) is 0 Å². The number of amides is 4. The van der Waals surface area contributed by atoms with E-state index in [9.17, 15) is 23.6 Å². The van der Waals surface area contributed by atoms with Gasteiger partial charge < -0.3 is 16.4 Å². The van der Waals surface area contributed by atoms with E-state index in [1.54, 1.807) is 26.1 Å². The molecule has 1 spiro atoms. The molecule has 2 fully saturated rings. The van der Waals surface area contributed by atoms with Crippen LogP contribution in [-0.2, 0) is 24.7 Å². The molecule has 0 radical (unpaired) electrons. The fourth-order valence-corrected chi connectivity index (χ4v) is 5.17. The first kappa shape index (κ1) is 19.5. The molecule has 3 aliphatic heterocycles. The van der Waals surface area contributed by atoms with Gasteiger partial charge in [0.1, 0.15) is 23.7 Å². The number of imide groups is 1. The molecule has 1 aromatic rings. The number of nitrogens with two attached hydrogens (primary N) is 2. The van der Waals surface area contributed by atoms with Crippen molar-refractivity contribution in [3.8, 4) is 0 Å². The van der Waals surface area contributed by atoms with Crippen LogP contribution >= 0.6 is 0 Å². The van der Waals surface area contributed by atoms with Crippen molar-refractivity contribution in [3.63, 3.8) is 0 Å². The summed E-state index contributed by atoms with van der Waals surface area (Å²) in [6.45, 7) is 5.25. The number of quaternary nitrogens is 1. The second-order valence-corrected chi connectivity index (χ2v) is 9.03. The summed E-state index contributed by atoms with van der Waals surface area (Å²) in [6.07, 6.45) is 0.266. The summed E-state index contributed by atoms with van der Waals surface area (Å²) >= 11 is 0. The minimum Gasteiger partial charge on any atom is -0.370 e. The Balaban J connectivity index is 1.88. The highest BCUT2D eigenvalue weighted by Gasteiger charge is 2.74. The van der Waals surface area contributed by atoms with Gasteiger partial charge in [0.15, 0.2) is 0 Å². The van der Waals surface area contributed by atoms with Crippen LogP contribution in [0.25, 0.3) is 0 Å². The van der Waals surface area contributed by atoms with Crippen molar-refractivity contribution in [2.75, 3.05) is 5.32 Å². The average Bonchev–Trinajstić information content (AvgIpc) is 3.18. The molecule has 8 nitrogen and oxygen atoms in total. The van der Waals surface area contributed by atoms with Crippen LogP contribution in [-0.4, -0.2) is 40.1 Å². The number of carbonyl (C=O) groups is 4. The van der Waals surface area contributed by atoms with Crippen LogP contribution in [0.15, 0.2) is 18.2 Å². The number of likely N-dealkylation sites (tertiary alicyclic amines) is 1. The number of rotatable bonds is 3. The molecule has 0 aliphatic carbocycles. The van der Waals surface area contributed by atoms with E-state index in [0.29, 0.717) is 11.3 Å². The van der Waals surface area contributed by atoms with E-state index in [1.165, 1.54) is 23.1 Å². The number of hydrogen-bond donors (Lipinski definition) is 3. The van der Waals surface area contributed by atoms with E-state index >= 15 is 0 Å². The van der Waals surface area contributed by atoms with Crippen LogP contribution in [0.5, 0.6) is 0 Å². The fraction of sp³-hybridized carbons (Fsp3) is 0.500. The molecule has 4 atom stereocenters. The highest BCUT2D eigenvalue weighted by Crippen LogP contribution is 2.50. The zero-order valence-electron chi connectivity index (χ0n) is 16.5. The number of halogens is 1. The number of fused-ring (bicyclic) bond motifs is 4. The molecular formula is C20H24FN4O4+. The lowest BCUT2D eigenvalue weighted by Gasteiger charge is -2.33. The van der Waals surface area contributed by atoms with Crippen molar-refractivity contribution in [2.24, 2.45) is 17.6 Å². The summed E-state index contributed by atoms with van der Waals surface area (Å²) in [5.74, 6) is -4.09. The van der Waals surface area contributed by atoms with Crippen LogP contribution in [0, 0.1) is 17.7 Å². The molecular weight excluding hydrogens is 379 g/mol. The monoisotopic (exact) mass is 403 g/mol. The van der Waals surface area contributed by atoms with Crippen molar-refractivity contribution < 1.29 is 28.9 Å². The molecule has 4 amide bonds. The number of carbonyl (C=O) groups excluding carboxylic acids is 4. The van der Waals surface area contributed by atoms with E-state index in [1.807, 2.05) is 0 Å². The van der Waals surface area contributed by atoms with Crippen LogP contribution < -0.4 is 16.4 Å². The Bertz CT molecular complexity index is 956. The first-order valence-electron chi connectivity index (χ1n) is 9.62. The molecule has 0 unspecified atom stereocenters. The number of benzene rings is 1. The van der Waals surface area contributed by atoms with Gasteiger partial charge in [-0.1, -0.05) is 0 Å². The van der Waals surface area contributed by atoms with E-state index in [4.69, 9.17) is 5.73 Å². The van der Waals surface area contributed by atoms with Crippen molar-refractivity contribution >= 4 is 29.3 Å². The first-order valence-corrected chi connectivity index (χ1v) is 9.62. The summed E-state index contributed by atoms with van der Waals surface area (Å²) in [6, 6.07) is 3.43. The first-order chi connectivity index (χ1) is 13.5. The van der Waals surface area contributed by atoms with Crippen LogP contribution in [0.1, 0.15) is 39.2 Å². The highest BCUT2D eigenvalue weighted by molar-refractivity contribution is 6.14. The largest absolute Gasteiger partial charge is 0.370 e. The zero-order chi connectivity index (χ0) is 21.3. The Morgan fingerprint density at radius 1 is 1.28 bits per heavy atom. The Morgan fingerprint density at radius 2 is 1.97 bits per heavy atom. The van der Waals surface area contributed by atoms with Gasteiger partial charge in [-0.2, -0.15) is 0 Å². The molecule has 29 heavy (non-hydrogen) atoms. The highest BCUT2D eigenvalue weighted by atomic mass is 19.1. The summed E-state index contributed by atoms with van der Waals surface area (Å²) in [4.78, 5) is 52.5. The van der Waals surface area contributed by atoms with Gasteiger partial charge in [0.05, 0.1) is 5.69 Å². The van der Waals surface area contributed by atoms with Gasteiger partial charge in [-0.25, -0.2) is 4.39 Å². The van der Waals surface area contributed by atoms with Crippen molar-refractivity contribution in [1.82, 2.24) is 4.90 Å². The minimum atomic E-state index is -1.45. The second-order valence-electron chi connectivity index (χ2n) is 9.03. The smallest absolute Gasteiger partial charge is 0.291 e. The average molecular weight is 403 g/mol. The van der Waals surface area contributed by atoms with E-state index < -0.39 is 52.5 Å². The van der Waals surface area contributed by atoms with E-state index in [-0.39, 0.29) is 18.7 Å². The molecule has 1 aromatic carbocycles. The number of hydrogen-bond acceptors (Lipinski definition) is 4. The second kappa shape index (κ2) is 6.09. The van der Waals surface area contributed by atoms with Crippen molar-refractivity contribution in [1.29, 1.82) is 0 Å². The third kappa shape index (κ3) is 2.60. The number of nitrogens with one attached hydrogen (secondary N) is 1. The quantitative estimate of drug-likeness (QED) is 0.593. The van der Waals surface area contributed by atoms with E-state index in [2.05, 4.69) is 5.32 Å². The lowest BCUT2D eigenvalue weighted by atomic mass is 9.76. The maximum absolute atomic E-state index is 14.1. The maximum Gasteiger partial charge on any atom is 0.291 e. The van der Waals surface area contributed by atoms with Gasteiger partial charge in [-0.05, 0) is 39.0 Å². The van der Waals surface area contributed by atoms with Crippen LogP contribution in [0.4, 0.5) is 10.1 Å². The lowest BCUT2D eigenvalue weighted by molar-refractivity contribution is -0.734. The number of nitrogens with zero attached hydrogens (tertiary/aromatic N) is 1. The summed E-state index contributed by atoms with van der Waals surface area (Å²) in [7, 11) is 0. The Morgan fingerprint density at radius 3 is 2.59 bits per heavy atom. The normalized spacial score (nSPS) is 30.7. The van der Waals surface area contributed by atoms with Gasteiger partial charge in [0.2, 0.25) is 23.3 Å². The third-order valence-corrected chi connectivity index (χ3v) is 6.23. The number of primary amides is 1. The zero-order valence-corrected chi connectivity index (χ0v) is 16.5. The number of anilines is 1. The topological polar surface area (TPSA) is 126 Å². The van der Waals surface area contributed by atoms with Crippen molar-refractivity contribution in [3.05, 3.63) is 29.6 Å². The maximum atomic E-state index is 14.1. The Hall–Kier alpha value is -2.81. The molecule has 154 valence electrons. The Labute approximate surface area is 167 Å². The summed E-state index contributed by atoms with van der Waals surface area (Å²) < 4.78 is 14.1. The van der Waals surface area contributed by atoms with Crippen molar-refractivity contribution in [2.45, 2.75) is 50.7 Å². The summed E-state index contributed by atoms with van der Waals surface area (Å²) in [5, 5.41) is 4.40. The molecule has 3 aliphatic rings. The molecule has 3 heterocycles. The molecule has 0 aromatic heterocycles. The fourth-order valence-electron chi connectivity index (χ4n) is 5.17. The van der Waals surface area contributed by atoms with Gasteiger partial charge in [-0.3, -0.25) is 24.1 Å². The van der Waals surface area contributed by atoms with Crippen LogP contribution in [0.3, 0.4) is 0 Å². The predicted molar refractivity (Wildman–Crippen MR) is 99.4 cm³/mol. The molecule has 2 saturated heterocycles. The molecule has 9 heteroatoms. The molecule has 5 N–H and O–H groups in total. The van der Waals surface area contributed by atoms with Gasteiger partial charge in [0, 0.05) is 23.9 Å². The Kier molecular flexibility index (Phi) is 4.10. The summed E-state index contributed by atoms with van der Waals surface area (Å²) in [5.41, 5.74) is 3.86. The third-order valence-electron chi connectivity index (χ3n) is 6.23. The van der Waals surface area contributed by atoms with Gasteiger partial charge in [0.25, 0.3) is 5.91 Å². The minimum absolute atomic E-state index is 0.0229. The van der Waals surface area contributed by atoms with Crippen LogP contribution in [0.2, 0.25) is 0 Å². The lowest BCUT2D eigenvalue weighted by Crippen LogP contribution is -2.99. The van der Waals surface area contributed by atoms with Gasteiger partial charge in [-0.15, -0.1) is 0 Å². The van der Waals surface area contributed by atoms with Gasteiger partial charge >= 0.3 is 0 Å². The SMILES string of the molecule is CC(C)(C)N1C(=O)[C@H]2[C@@H](C1=O)[C@]1([NH2+][C@@H]2CCC(N)=O)C(=O)Nc2ccc(F)cc21. The molecule has 0 bridgehead atoms.